The van der Waals surface area contributed by atoms with Crippen molar-refractivity contribution in [2.75, 3.05) is 26.6 Å². The maximum absolute atomic E-state index is 5.39. The van der Waals surface area contributed by atoms with Crippen LogP contribution < -0.4 is 19.5 Å². The van der Waals surface area contributed by atoms with Crippen LogP contribution in [0.3, 0.4) is 0 Å². The molecule has 8 heteroatoms. The number of nitrogens with zero attached hydrogens (tertiary/aromatic N) is 4. The maximum Gasteiger partial charge on any atom is 0.213 e. The van der Waals surface area contributed by atoms with Gasteiger partial charge in [-0.2, -0.15) is 9.61 Å². The van der Waals surface area contributed by atoms with Gasteiger partial charge in [-0.1, -0.05) is 0 Å². The van der Waals surface area contributed by atoms with Crippen molar-refractivity contribution in [2.24, 2.45) is 0 Å². The second-order valence-electron chi connectivity index (χ2n) is 5.92. The molecular formula is C20H19N5O3. The quantitative estimate of drug-likeness (QED) is 0.550. The zero-order valence-corrected chi connectivity index (χ0v) is 15.7. The van der Waals surface area contributed by atoms with Gasteiger partial charge in [0.1, 0.15) is 0 Å². The third kappa shape index (κ3) is 3.27. The van der Waals surface area contributed by atoms with Crippen molar-refractivity contribution in [1.82, 2.24) is 19.6 Å². The lowest BCUT2D eigenvalue weighted by Gasteiger charge is -2.10. The molecule has 0 spiro atoms. The number of hydrogen-bond acceptors (Lipinski definition) is 7. The van der Waals surface area contributed by atoms with Crippen LogP contribution in [-0.2, 0) is 0 Å². The van der Waals surface area contributed by atoms with Crippen LogP contribution in [0.2, 0.25) is 0 Å². The van der Waals surface area contributed by atoms with Crippen molar-refractivity contribution in [3.05, 3.63) is 54.9 Å². The number of nitrogens with one attached hydrogen (secondary N) is 1. The summed E-state index contributed by atoms with van der Waals surface area (Å²) in [5.74, 6) is 2.60. The van der Waals surface area contributed by atoms with E-state index in [0.717, 1.165) is 28.4 Å². The fourth-order valence-corrected chi connectivity index (χ4v) is 2.83. The predicted molar refractivity (Wildman–Crippen MR) is 106 cm³/mol. The molecule has 142 valence electrons. The average Bonchev–Trinajstić information content (AvgIpc) is 3.15. The maximum atomic E-state index is 5.39. The van der Waals surface area contributed by atoms with E-state index >= 15 is 0 Å². The van der Waals surface area contributed by atoms with Crippen LogP contribution in [0.15, 0.2) is 54.9 Å². The van der Waals surface area contributed by atoms with E-state index in [2.05, 4.69) is 15.3 Å². The Labute approximate surface area is 161 Å². The number of ether oxygens (including phenoxy) is 3. The van der Waals surface area contributed by atoms with Crippen molar-refractivity contribution >= 4 is 17.2 Å². The van der Waals surface area contributed by atoms with E-state index in [4.69, 9.17) is 19.3 Å². The summed E-state index contributed by atoms with van der Waals surface area (Å²) in [4.78, 5) is 8.59. The Morgan fingerprint density at radius 1 is 0.821 bits per heavy atom. The number of fused-ring (bicyclic) bond motifs is 1. The minimum Gasteiger partial charge on any atom is -0.493 e. The number of methoxy groups -OCH3 is 3. The Morgan fingerprint density at radius 2 is 1.68 bits per heavy atom. The van der Waals surface area contributed by atoms with Gasteiger partial charge < -0.3 is 19.5 Å². The molecule has 1 N–H and O–H groups in total. The average molecular weight is 377 g/mol. The first-order chi connectivity index (χ1) is 13.7. The number of aromatic nitrogens is 4. The van der Waals surface area contributed by atoms with Crippen LogP contribution in [0.1, 0.15) is 0 Å². The molecule has 0 fully saturated rings. The van der Waals surface area contributed by atoms with E-state index in [-0.39, 0.29) is 0 Å². The lowest BCUT2D eigenvalue weighted by Crippen LogP contribution is -2.01. The molecule has 0 aliphatic carbocycles. The summed E-state index contributed by atoms with van der Waals surface area (Å²) in [5, 5.41) is 7.99. The number of benzene rings is 1. The Hall–Kier alpha value is -3.81. The molecule has 0 atom stereocenters. The van der Waals surface area contributed by atoms with Gasteiger partial charge in [0.15, 0.2) is 23.0 Å². The van der Waals surface area contributed by atoms with E-state index in [1.54, 1.807) is 44.3 Å². The van der Waals surface area contributed by atoms with Crippen molar-refractivity contribution in [1.29, 1.82) is 0 Å². The second kappa shape index (κ2) is 7.43. The minimum atomic E-state index is 0.553. The Balaban J connectivity index is 1.69. The topological polar surface area (TPSA) is 82.8 Å². The lowest BCUT2D eigenvalue weighted by atomic mass is 10.1. The van der Waals surface area contributed by atoms with Gasteiger partial charge in [0.2, 0.25) is 5.88 Å². The first-order valence-corrected chi connectivity index (χ1v) is 8.56. The minimum absolute atomic E-state index is 0.553. The van der Waals surface area contributed by atoms with Crippen molar-refractivity contribution < 1.29 is 14.2 Å². The standard InChI is InChI=1S/C20H19N5O3/c1-26-16-7-4-13(10-17(16)27-2)15-6-8-18-21-12-19(25(18)24-15)23-14-5-9-20(28-3)22-11-14/h4-12,23H,1-3H3. The van der Waals surface area contributed by atoms with Gasteiger partial charge in [-0.25, -0.2) is 9.97 Å². The van der Waals surface area contributed by atoms with Crippen LogP contribution in [0, 0.1) is 0 Å². The van der Waals surface area contributed by atoms with Crippen LogP contribution >= 0.6 is 0 Å². The fraction of sp³-hybridized carbons (Fsp3) is 0.150. The van der Waals surface area contributed by atoms with Gasteiger partial charge in [0.05, 0.1) is 45.1 Å². The van der Waals surface area contributed by atoms with Gasteiger partial charge in [-0.05, 0) is 36.4 Å². The largest absolute Gasteiger partial charge is 0.493 e. The molecule has 0 saturated carbocycles. The molecule has 0 bridgehead atoms. The Kier molecular flexibility index (Phi) is 4.67. The summed E-state index contributed by atoms with van der Waals surface area (Å²) < 4.78 is 17.5. The zero-order valence-electron chi connectivity index (χ0n) is 15.7. The highest BCUT2D eigenvalue weighted by atomic mass is 16.5. The van der Waals surface area contributed by atoms with Crippen LogP contribution in [0.5, 0.6) is 17.4 Å². The molecule has 0 radical (unpaired) electrons. The zero-order chi connectivity index (χ0) is 19.5. The molecule has 28 heavy (non-hydrogen) atoms. The van der Waals surface area contributed by atoms with Crippen LogP contribution in [-0.4, -0.2) is 40.9 Å². The molecule has 4 rings (SSSR count). The van der Waals surface area contributed by atoms with Gasteiger partial charge in [0, 0.05) is 11.6 Å². The number of hydrogen-bond donors (Lipinski definition) is 1. The van der Waals surface area contributed by atoms with Gasteiger partial charge in [-0.3, -0.25) is 0 Å². The smallest absolute Gasteiger partial charge is 0.213 e. The first-order valence-electron chi connectivity index (χ1n) is 8.56. The summed E-state index contributed by atoms with van der Waals surface area (Å²) in [5.41, 5.74) is 3.22. The molecule has 4 aromatic rings. The highest BCUT2D eigenvalue weighted by Gasteiger charge is 2.10. The Bertz CT molecular complexity index is 1110. The molecule has 1 aromatic carbocycles. The van der Waals surface area contributed by atoms with E-state index < -0.39 is 0 Å². The predicted octanol–water partition coefficient (Wildman–Crippen LogP) is 3.56. The van der Waals surface area contributed by atoms with Crippen molar-refractivity contribution in [3.63, 3.8) is 0 Å². The molecule has 3 aromatic heterocycles. The number of rotatable bonds is 6. The normalized spacial score (nSPS) is 10.7. The molecule has 0 unspecified atom stereocenters. The number of anilines is 2. The summed E-state index contributed by atoms with van der Waals surface area (Å²) in [6, 6.07) is 13.2. The monoisotopic (exact) mass is 377 g/mol. The van der Waals surface area contributed by atoms with E-state index in [0.29, 0.717) is 17.4 Å². The number of pyridine rings is 1. The van der Waals surface area contributed by atoms with E-state index in [1.807, 2.05) is 36.4 Å². The van der Waals surface area contributed by atoms with Crippen LogP contribution in [0.4, 0.5) is 11.5 Å². The van der Waals surface area contributed by atoms with Gasteiger partial charge >= 0.3 is 0 Å². The highest BCUT2D eigenvalue weighted by Crippen LogP contribution is 2.31. The first kappa shape index (κ1) is 17.6. The lowest BCUT2D eigenvalue weighted by molar-refractivity contribution is 0.355. The molecule has 0 aliphatic heterocycles. The third-order valence-electron chi connectivity index (χ3n) is 4.26. The highest BCUT2D eigenvalue weighted by molar-refractivity contribution is 5.66. The fourth-order valence-electron chi connectivity index (χ4n) is 2.83. The van der Waals surface area contributed by atoms with E-state index in [1.165, 1.54) is 0 Å². The SMILES string of the molecule is COc1ccc(Nc2cnc3ccc(-c4ccc(OC)c(OC)c4)nn23)cn1. The van der Waals surface area contributed by atoms with Crippen LogP contribution in [0.25, 0.3) is 16.9 Å². The Morgan fingerprint density at radius 3 is 2.39 bits per heavy atom. The summed E-state index contributed by atoms with van der Waals surface area (Å²) in [7, 11) is 4.80. The summed E-state index contributed by atoms with van der Waals surface area (Å²) >= 11 is 0. The van der Waals surface area contributed by atoms with Gasteiger partial charge in [-0.15, -0.1) is 0 Å². The molecule has 0 saturated heterocycles. The van der Waals surface area contributed by atoms with E-state index in [9.17, 15) is 0 Å². The molecule has 3 heterocycles. The molecule has 0 aliphatic rings. The number of imidazole rings is 1. The van der Waals surface area contributed by atoms with Gasteiger partial charge in [0.25, 0.3) is 0 Å². The molecule has 0 amide bonds. The summed E-state index contributed by atoms with van der Waals surface area (Å²) in [6.07, 6.45) is 3.42. The summed E-state index contributed by atoms with van der Waals surface area (Å²) in [6.45, 7) is 0. The van der Waals surface area contributed by atoms with Crippen molar-refractivity contribution in [3.8, 4) is 28.6 Å². The van der Waals surface area contributed by atoms with Crippen molar-refractivity contribution in [2.45, 2.75) is 0 Å². The molecule has 8 nitrogen and oxygen atoms in total. The third-order valence-corrected chi connectivity index (χ3v) is 4.26. The molecular weight excluding hydrogens is 358 g/mol. The second-order valence-corrected chi connectivity index (χ2v) is 5.92.